The van der Waals surface area contributed by atoms with Crippen molar-refractivity contribution in [1.82, 2.24) is 4.98 Å². The van der Waals surface area contributed by atoms with Crippen molar-refractivity contribution >= 4 is 17.6 Å². The number of ether oxygens (including phenoxy) is 1. The van der Waals surface area contributed by atoms with Gasteiger partial charge >= 0.3 is 5.97 Å². The van der Waals surface area contributed by atoms with Gasteiger partial charge in [0.2, 0.25) is 0 Å². The van der Waals surface area contributed by atoms with E-state index < -0.39 is 35.9 Å². The van der Waals surface area contributed by atoms with E-state index >= 15 is 0 Å². The Bertz CT molecular complexity index is 412. The average Bonchev–Trinajstić information content (AvgIpc) is 2.15. The molecule has 0 spiro atoms. The number of carbonyl (C=O) groups excluding carboxylic acids is 1. The second-order valence-electron chi connectivity index (χ2n) is 2.84. The van der Waals surface area contributed by atoms with Crippen LogP contribution in [-0.2, 0) is 16.0 Å². The number of pyridine rings is 1. The Hall–Kier alpha value is -1.30. The summed E-state index contributed by atoms with van der Waals surface area (Å²) in [5.74, 6) is -1.98. The summed E-state index contributed by atoms with van der Waals surface area (Å²) in [6.45, 7) is 0. The van der Waals surface area contributed by atoms with Crippen LogP contribution in [0.4, 0.5) is 13.2 Å². The van der Waals surface area contributed by atoms with Crippen LogP contribution in [0.5, 0.6) is 0 Å². The minimum Gasteiger partial charge on any atom is -0.469 e. The normalized spacial score (nSPS) is 10.6. The number of esters is 1. The molecule has 0 aromatic carbocycles. The third-order valence-electron chi connectivity index (χ3n) is 1.81. The molecule has 1 heterocycles. The fraction of sp³-hybridized carbons (Fsp3) is 0.333. The first kappa shape index (κ1) is 12.8. The van der Waals surface area contributed by atoms with Crippen LogP contribution in [0.3, 0.4) is 0 Å². The van der Waals surface area contributed by atoms with Crippen LogP contribution < -0.4 is 0 Å². The fourth-order valence-electron chi connectivity index (χ4n) is 1.12. The summed E-state index contributed by atoms with van der Waals surface area (Å²) in [4.78, 5) is 14.4. The van der Waals surface area contributed by atoms with E-state index in [1.54, 1.807) is 0 Å². The Kier molecular flexibility index (Phi) is 4.12. The number of hydrogen-bond donors (Lipinski definition) is 0. The van der Waals surface area contributed by atoms with Crippen molar-refractivity contribution in [1.29, 1.82) is 0 Å². The largest absolute Gasteiger partial charge is 0.469 e. The molecule has 0 saturated carbocycles. The lowest BCUT2D eigenvalue weighted by Crippen LogP contribution is -2.11. The molecule has 0 fully saturated rings. The highest BCUT2D eigenvalue weighted by molar-refractivity contribution is 6.29. The number of nitrogens with zero attached hydrogens (tertiary/aromatic N) is 1. The zero-order valence-corrected chi connectivity index (χ0v) is 8.89. The van der Waals surface area contributed by atoms with Crippen molar-refractivity contribution in [3.63, 3.8) is 0 Å². The molecular formula is C9H7ClF3NO2. The van der Waals surface area contributed by atoms with Gasteiger partial charge in [-0.25, -0.2) is 18.2 Å². The highest BCUT2D eigenvalue weighted by Gasteiger charge is 2.22. The second-order valence-corrected chi connectivity index (χ2v) is 3.23. The molecule has 0 bridgehead atoms. The second kappa shape index (κ2) is 5.16. The predicted molar refractivity (Wildman–Crippen MR) is 49.9 cm³/mol. The summed E-state index contributed by atoms with van der Waals surface area (Å²) in [5, 5.41) is -0.291. The highest BCUT2D eigenvalue weighted by atomic mass is 35.5. The number of halogens is 4. The maximum atomic E-state index is 13.2. The lowest BCUT2D eigenvalue weighted by atomic mass is 10.1. The van der Waals surface area contributed by atoms with E-state index in [0.717, 1.165) is 7.11 Å². The summed E-state index contributed by atoms with van der Waals surface area (Å²) in [6, 6.07) is 0.670. The van der Waals surface area contributed by atoms with Crippen LogP contribution in [-0.4, -0.2) is 18.1 Å². The zero-order chi connectivity index (χ0) is 12.3. The number of hydrogen-bond acceptors (Lipinski definition) is 3. The van der Waals surface area contributed by atoms with E-state index in [9.17, 15) is 18.0 Å². The molecule has 88 valence electrons. The molecule has 0 aliphatic heterocycles. The molecule has 0 radical (unpaired) electrons. The summed E-state index contributed by atoms with van der Waals surface area (Å²) >= 11 is 5.41. The summed E-state index contributed by atoms with van der Waals surface area (Å²) in [6.07, 6.45) is -3.61. The Labute approximate surface area is 94.2 Å². The van der Waals surface area contributed by atoms with Gasteiger partial charge in [-0.2, -0.15) is 0 Å². The van der Waals surface area contributed by atoms with Crippen LogP contribution >= 0.6 is 11.6 Å². The Morgan fingerprint density at radius 3 is 2.75 bits per heavy atom. The summed E-state index contributed by atoms with van der Waals surface area (Å²) in [5.41, 5.74) is -1.33. The van der Waals surface area contributed by atoms with Crippen molar-refractivity contribution < 1.29 is 22.7 Å². The molecule has 7 heteroatoms. The number of alkyl halides is 2. The summed E-state index contributed by atoms with van der Waals surface area (Å²) < 4.78 is 42.4. The van der Waals surface area contributed by atoms with Crippen LogP contribution in [0, 0.1) is 5.82 Å². The number of rotatable bonds is 3. The number of carbonyl (C=O) groups is 1. The third-order valence-corrected chi connectivity index (χ3v) is 2.01. The number of aromatic nitrogens is 1. The van der Waals surface area contributed by atoms with Crippen LogP contribution in [0.25, 0.3) is 0 Å². The van der Waals surface area contributed by atoms with Crippen LogP contribution in [0.15, 0.2) is 6.07 Å². The third kappa shape index (κ3) is 2.85. The Balaban J connectivity index is 3.18. The minimum absolute atomic E-state index is 0.291. The predicted octanol–water partition coefficient (Wildman–Crippen LogP) is 2.53. The lowest BCUT2D eigenvalue weighted by molar-refractivity contribution is -0.139. The Morgan fingerprint density at radius 1 is 1.62 bits per heavy atom. The van der Waals surface area contributed by atoms with E-state index in [0.29, 0.717) is 6.07 Å². The molecule has 0 amide bonds. The smallest absolute Gasteiger partial charge is 0.311 e. The van der Waals surface area contributed by atoms with Gasteiger partial charge in [0.05, 0.1) is 24.8 Å². The quantitative estimate of drug-likeness (QED) is 0.614. The van der Waals surface area contributed by atoms with Gasteiger partial charge in [0, 0.05) is 6.07 Å². The van der Waals surface area contributed by atoms with Crippen molar-refractivity contribution in [3.05, 3.63) is 28.3 Å². The van der Waals surface area contributed by atoms with E-state index in [2.05, 4.69) is 9.72 Å². The summed E-state index contributed by atoms with van der Waals surface area (Å²) in [7, 11) is 1.09. The molecule has 3 nitrogen and oxygen atoms in total. The molecule has 1 rings (SSSR count). The van der Waals surface area contributed by atoms with E-state index in [4.69, 9.17) is 11.6 Å². The SMILES string of the molecule is COC(=O)Cc1nc(Cl)cc(F)c1C(F)F. The molecule has 16 heavy (non-hydrogen) atoms. The van der Waals surface area contributed by atoms with Crippen molar-refractivity contribution in [2.45, 2.75) is 12.8 Å². The maximum Gasteiger partial charge on any atom is 0.311 e. The topological polar surface area (TPSA) is 39.2 Å². The minimum atomic E-state index is -3.07. The van der Waals surface area contributed by atoms with E-state index in [-0.39, 0.29) is 5.15 Å². The van der Waals surface area contributed by atoms with E-state index in [1.165, 1.54) is 0 Å². The van der Waals surface area contributed by atoms with Gasteiger partial charge < -0.3 is 4.74 Å². The molecule has 0 aliphatic carbocycles. The molecule has 0 unspecified atom stereocenters. The highest BCUT2D eigenvalue weighted by Crippen LogP contribution is 2.27. The standard InChI is InChI=1S/C9H7ClF3NO2/c1-16-7(15)3-5-8(9(12)13)4(11)2-6(10)14-5/h2,9H,3H2,1H3. The molecule has 0 N–H and O–H groups in total. The van der Waals surface area contributed by atoms with Gasteiger partial charge in [0.25, 0.3) is 6.43 Å². The first-order valence-corrected chi connectivity index (χ1v) is 4.53. The van der Waals surface area contributed by atoms with E-state index in [1.807, 2.05) is 0 Å². The molecular weight excluding hydrogens is 247 g/mol. The van der Waals surface area contributed by atoms with Crippen molar-refractivity contribution in [2.75, 3.05) is 7.11 Å². The monoisotopic (exact) mass is 253 g/mol. The van der Waals surface area contributed by atoms with Crippen molar-refractivity contribution in [3.8, 4) is 0 Å². The van der Waals surface area contributed by atoms with Gasteiger partial charge in [0.15, 0.2) is 0 Å². The van der Waals surface area contributed by atoms with Gasteiger partial charge in [-0.15, -0.1) is 0 Å². The first-order chi connectivity index (χ1) is 7.45. The van der Waals surface area contributed by atoms with Gasteiger partial charge in [-0.3, -0.25) is 4.79 Å². The van der Waals surface area contributed by atoms with Gasteiger partial charge in [-0.05, 0) is 0 Å². The zero-order valence-electron chi connectivity index (χ0n) is 8.14. The molecule has 1 aromatic heterocycles. The van der Waals surface area contributed by atoms with Crippen molar-refractivity contribution in [2.24, 2.45) is 0 Å². The number of methoxy groups -OCH3 is 1. The van der Waals surface area contributed by atoms with Gasteiger partial charge in [-0.1, -0.05) is 11.6 Å². The molecule has 1 aromatic rings. The fourth-order valence-corrected chi connectivity index (χ4v) is 1.31. The molecule has 0 atom stereocenters. The molecule has 0 saturated heterocycles. The van der Waals surface area contributed by atoms with Crippen LogP contribution in [0.2, 0.25) is 5.15 Å². The first-order valence-electron chi connectivity index (χ1n) is 4.15. The lowest BCUT2D eigenvalue weighted by Gasteiger charge is -2.08. The maximum absolute atomic E-state index is 13.2. The van der Waals surface area contributed by atoms with Crippen LogP contribution in [0.1, 0.15) is 17.7 Å². The van der Waals surface area contributed by atoms with Gasteiger partial charge in [0.1, 0.15) is 11.0 Å². The molecule has 0 aliphatic rings. The Morgan fingerprint density at radius 2 is 2.25 bits per heavy atom. The average molecular weight is 254 g/mol.